The minimum atomic E-state index is -0.983. The third-order valence-electron chi connectivity index (χ3n) is 1.88. The molecular formula is C10H18O3. The van der Waals surface area contributed by atoms with Crippen LogP contribution in [0.2, 0.25) is 0 Å². The van der Waals surface area contributed by atoms with E-state index in [1.54, 1.807) is 6.92 Å². The zero-order valence-corrected chi connectivity index (χ0v) is 8.38. The first-order valence-corrected chi connectivity index (χ1v) is 4.63. The van der Waals surface area contributed by atoms with E-state index in [2.05, 4.69) is 13.5 Å². The van der Waals surface area contributed by atoms with Gasteiger partial charge in [-0.1, -0.05) is 26.3 Å². The number of aliphatic carboxylic acids is 1. The van der Waals surface area contributed by atoms with Gasteiger partial charge in [0.15, 0.2) is 0 Å². The van der Waals surface area contributed by atoms with Crippen LogP contribution >= 0.6 is 0 Å². The second-order valence-corrected chi connectivity index (χ2v) is 3.05. The molecule has 3 nitrogen and oxygen atoms in total. The Kier molecular flexibility index (Phi) is 6.24. The van der Waals surface area contributed by atoms with Crippen molar-refractivity contribution < 1.29 is 14.6 Å². The first-order valence-electron chi connectivity index (χ1n) is 4.63. The van der Waals surface area contributed by atoms with Crippen LogP contribution < -0.4 is 0 Å². The lowest BCUT2D eigenvalue weighted by molar-refractivity contribution is -0.134. The lowest BCUT2D eigenvalue weighted by Gasteiger charge is -2.12. The topological polar surface area (TPSA) is 46.5 Å². The van der Waals surface area contributed by atoms with Gasteiger partial charge in [0.1, 0.15) is 0 Å². The highest BCUT2D eigenvalue weighted by atomic mass is 16.5. The van der Waals surface area contributed by atoms with E-state index in [0.29, 0.717) is 6.61 Å². The second kappa shape index (κ2) is 6.66. The van der Waals surface area contributed by atoms with Crippen molar-refractivity contribution in [3.8, 4) is 0 Å². The van der Waals surface area contributed by atoms with Crippen LogP contribution in [0.25, 0.3) is 0 Å². The molecule has 0 rings (SSSR count). The van der Waals surface area contributed by atoms with Gasteiger partial charge in [-0.05, 0) is 13.3 Å². The summed E-state index contributed by atoms with van der Waals surface area (Å²) in [4.78, 5) is 10.5. The average molecular weight is 186 g/mol. The highest BCUT2D eigenvalue weighted by Crippen LogP contribution is 2.05. The lowest BCUT2D eigenvalue weighted by atomic mass is 10.2. The lowest BCUT2D eigenvalue weighted by Crippen LogP contribution is -2.17. The summed E-state index contributed by atoms with van der Waals surface area (Å²) >= 11 is 0. The number of carboxylic acids is 1. The molecule has 0 radical (unpaired) electrons. The van der Waals surface area contributed by atoms with E-state index in [-0.39, 0.29) is 11.7 Å². The summed E-state index contributed by atoms with van der Waals surface area (Å²) in [6, 6.07) is 0. The van der Waals surface area contributed by atoms with E-state index in [1.165, 1.54) is 0 Å². The molecule has 0 spiro atoms. The van der Waals surface area contributed by atoms with Gasteiger partial charge < -0.3 is 9.84 Å². The zero-order valence-electron chi connectivity index (χ0n) is 8.38. The van der Waals surface area contributed by atoms with Crippen molar-refractivity contribution in [2.24, 2.45) is 0 Å². The van der Waals surface area contributed by atoms with Crippen molar-refractivity contribution in [3.63, 3.8) is 0 Å². The summed E-state index contributed by atoms with van der Waals surface area (Å²) in [6.07, 6.45) is 2.85. The van der Waals surface area contributed by atoms with Crippen molar-refractivity contribution in [1.29, 1.82) is 0 Å². The average Bonchev–Trinajstić information content (AvgIpc) is 2.10. The van der Waals surface area contributed by atoms with E-state index < -0.39 is 5.97 Å². The molecule has 0 aliphatic rings. The van der Waals surface area contributed by atoms with E-state index in [1.807, 2.05) is 0 Å². The largest absolute Gasteiger partial charge is 0.478 e. The number of carboxylic acid groups (broad SMARTS) is 1. The van der Waals surface area contributed by atoms with E-state index in [0.717, 1.165) is 19.3 Å². The van der Waals surface area contributed by atoms with Crippen LogP contribution in [0.5, 0.6) is 0 Å². The molecular weight excluding hydrogens is 168 g/mol. The molecule has 0 amide bonds. The predicted octanol–water partition coefficient (Wildman–Crippen LogP) is 2.22. The maximum Gasteiger partial charge on any atom is 0.333 e. The molecule has 0 fully saturated rings. The van der Waals surface area contributed by atoms with Gasteiger partial charge in [-0.15, -0.1) is 0 Å². The van der Waals surface area contributed by atoms with Gasteiger partial charge in [0.2, 0.25) is 0 Å². The van der Waals surface area contributed by atoms with Crippen molar-refractivity contribution in [2.45, 2.75) is 39.2 Å². The van der Waals surface area contributed by atoms with Crippen LogP contribution in [0.15, 0.2) is 12.2 Å². The van der Waals surface area contributed by atoms with Gasteiger partial charge >= 0.3 is 5.97 Å². The molecule has 0 heterocycles. The Morgan fingerprint density at radius 2 is 2.15 bits per heavy atom. The Balaban J connectivity index is 3.56. The molecule has 0 aliphatic heterocycles. The molecule has 1 unspecified atom stereocenters. The summed E-state index contributed by atoms with van der Waals surface area (Å²) in [5.74, 6) is -0.983. The molecule has 3 heteroatoms. The molecule has 0 saturated carbocycles. The number of carbonyl (C=O) groups is 1. The fraction of sp³-hybridized carbons (Fsp3) is 0.700. The van der Waals surface area contributed by atoms with Gasteiger partial charge in [-0.2, -0.15) is 0 Å². The predicted molar refractivity (Wildman–Crippen MR) is 51.7 cm³/mol. The third-order valence-corrected chi connectivity index (χ3v) is 1.88. The minimum absolute atomic E-state index is 0.122. The molecule has 76 valence electrons. The highest BCUT2D eigenvalue weighted by molar-refractivity contribution is 5.86. The number of ether oxygens (including phenoxy) is 1. The Morgan fingerprint density at radius 1 is 1.54 bits per heavy atom. The second-order valence-electron chi connectivity index (χ2n) is 3.05. The van der Waals surface area contributed by atoms with Gasteiger partial charge in [0.25, 0.3) is 0 Å². The van der Waals surface area contributed by atoms with Crippen molar-refractivity contribution in [1.82, 2.24) is 0 Å². The summed E-state index contributed by atoms with van der Waals surface area (Å²) in [5.41, 5.74) is 0.122. The first kappa shape index (κ1) is 12.2. The molecule has 0 aromatic carbocycles. The quantitative estimate of drug-likeness (QED) is 0.490. The molecule has 0 aromatic heterocycles. The van der Waals surface area contributed by atoms with Gasteiger partial charge in [0, 0.05) is 6.61 Å². The molecule has 0 aromatic rings. The summed E-state index contributed by atoms with van der Waals surface area (Å²) in [5, 5.41) is 8.58. The Labute approximate surface area is 79.4 Å². The molecule has 1 N–H and O–H groups in total. The standard InChI is InChI=1S/C10H18O3/c1-4-5-6-7-13-9(3)8(2)10(11)12/h9H,2,4-7H2,1,3H3,(H,11,12). The fourth-order valence-electron chi connectivity index (χ4n) is 0.887. The molecule has 0 bridgehead atoms. The van der Waals surface area contributed by atoms with Crippen LogP contribution in [0.3, 0.4) is 0 Å². The number of unbranched alkanes of at least 4 members (excludes halogenated alkanes) is 2. The number of hydrogen-bond acceptors (Lipinski definition) is 2. The molecule has 1 atom stereocenters. The maximum atomic E-state index is 10.5. The van der Waals surface area contributed by atoms with E-state index in [4.69, 9.17) is 9.84 Å². The number of rotatable bonds is 7. The summed E-state index contributed by atoms with van der Waals surface area (Å²) in [7, 11) is 0. The van der Waals surface area contributed by atoms with Crippen LogP contribution in [-0.4, -0.2) is 23.8 Å². The van der Waals surface area contributed by atoms with Crippen LogP contribution in [-0.2, 0) is 9.53 Å². The maximum absolute atomic E-state index is 10.5. The zero-order chi connectivity index (χ0) is 10.3. The Hall–Kier alpha value is -0.830. The van der Waals surface area contributed by atoms with Crippen LogP contribution in [0, 0.1) is 0 Å². The van der Waals surface area contributed by atoms with Crippen molar-refractivity contribution in [2.75, 3.05) is 6.61 Å². The van der Waals surface area contributed by atoms with Crippen LogP contribution in [0.4, 0.5) is 0 Å². The fourth-order valence-corrected chi connectivity index (χ4v) is 0.887. The Bertz CT molecular complexity index is 175. The van der Waals surface area contributed by atoms with Crippen LogP contribution in [0.1, 0.15) is 33.1 Å². The SMILES string of the molecule is C=C(C(=O)O)C(C)OCCCCC. The van der Waals surface area contributed by atoms with E-state index >= 15 is 0 Å². The molecule has 13 heavy (non-hydrogen) atoms. The molecule has 0 aliphatic carbocycles. The van der Waals surface area contributed by atoms with E-state index in [9.17, 15) is 4.79 Å². The molecule has 0 saturated heterocycles. The third kappa shape index (κ3) is 5.42. The van der Waals surface area contributed by atoms with Crippen molar-refractivity contribution >= 4 is 5.97 Å². The minimum Gasteiger partial charge on any atom is -0.478 e. The van der Waals surface area contributed by atoms with Gasteiger partial charge in [0.05, 0.1) is 11.7 Å². The van der Waals surface area contributed by atoms with Crippen molar-refractivity contribution in [3.05, 3.63) is 12.2 Å². The first-order chi connectivity index (χ1) is 6.09. The highest BCUT2D eigenvalue weighted by Gasteiger charge is 2.12. The number of hydrogen-bond donors (Lipinski definition) is 1. The summed E-state index contributed by atoms with van der Waals surface area (Å²) in [6.45, 7) is 7.86. The van der Waals surface area contributed by atoms with Gasteiger partial charge in [-0.3, -0.25) is 0 Å². The normalized spacial score (nSPS) is 12.5. The Morgan fingerprint density at radius 3 is 2.62 bits per heavy atom. The smallest absolute Gasteiger partial charge is 0.333 e. The van der Waals surface area contributed by atoms with Gasteiger partial charge in [-0.25, -0.2) is 4.79 Å². The summed E-state index contributed by atoms with van der Waals surface area (Å²) < 4.78 is 5.29. The monoisotopic (exact) mass is 186 g/mol.